The van der Waals surface area contributed by atoms with Crippen LogP contribution in [-0.4, -0.2) is 81.0 Å². The van der Waals surface area contributed by atoms with E-state index in [-0.39, 0.29) is 61.1 Å². The molecule has 0 aromatic heterocycles. The Hall–Kier alpha value is -3.12. The number of rotatable bonds is 12. The van der Waals surface area contributed by atoms with Crippen molar-refractivity contribution in [1.29, 1.82) is 0 Å². The first kappa shape index (κ1) is 34.7. The second-order valence-electron chi connectivity index (χ2n) is 14.0. The minimum Gasteiger partial charge on any atom is -0.480 e. The predicted octanol–water partition coefficient (Wildman–Crippen LogP) is 1.99. The summed E-state index contributed by atoms with van der Waals surface area (Å²) in [5.74, 6) is -3.77. The summed E-state index contributed by atoms with van der Waals surface area (Å²) in [5.41, 5.74) is -1.88. The average molecular weight is 633 g/mol. The summed E-state index contributed by atoms with van der Waals surface area (Å²) in [6.07, 6.45) is 4.80. The number of hydrogen-bond donors (Lipinski definition) is 5. The van der Waals surface area contributed by atoms with Crippen LogP contribution in [0, 0.1) is 28.6 Å². The number of carboxylic acids is 1. The summed E-state index contributed by atoms with van der Waals surface area (Å²) in [6.45, 7) is 6.51. The van der Waals surface area contributed by atoms with Crippen molar-refractivity contribution < 1.29 is 48.8 Å². The Morgan fingerprint density at radius 2 is 1.78 bits per heavy atom. The van der Waals surface area contributed by atoms with Crippen LogP contribution in [0.1, 0.15) is 98.3 Å². The van der Waals surface area contributed by atoms with Crippen LogP contribution in [0.2, 0.25) is 0 Å². The van der Waals surface area contributed by atoms with Gasteiger partial charge in [0, 0.05) is 18.3 Å². The maximum atomic E-state index is 13.4. The van der Waals surface area contributed by atoms with E-state index in [1.54, 1.807) is 13.0 Å². The number of carbonyl (C=O) groups is 6. The van der Waals surface area contributed by atoms with E-state index in [2.05, 4.69) is 17.6 Å². The number of carboxylic acid groups (broad SMARTS) is 1. The Bertz CT molecular complexity index is 1260. The Morgan fingerprint density at radius 3 is 2.44 bits per heavy atom. The normalized spacial score (nSPS) is 35.1. The molecule has 4 rings (SSSR count). The molecule has 0 aromatic rings. The number of aliphatic hydroxyl groups excluding tert-OH is 1. The maximum absolute atomic E-state index is 13.4. The van der Waals surface area contributed by atoms with Crippen LogP contribution >= 0.6 is 0 Å². The number of ketones is 2. The molecule has 3 saturated carbocycles. The number of nitrogens with one attached hydrogen (secondary N) is 2. The average Bonchev–Trinajstić information content (AvgIpc) is 3.25. The first-order valence-corrected chi connectivity index (χ1v) is 16.2. The molecule has 4 aliphatic rings. The van der Waals surface area contributed by atoms with Gasteiger partial charge in [-0.3, -0.25) is 24.0 Å². The van der Waals surface area contributed by atoms with E-state index in [0.29, 0.717) is 25.7 Å². The zero-order valence-corrected chi connectivity index (χ0v) is 26.7. The number of esters is 1. The van der Waals surface area contributed by atoms with Gasteiger partial charge in [-0.05, 0) is 81.1 Å². The van der Waals surface area contributed by atoms with E-state index in [9.17, 15) is 44.1 Å². The van der Waals surface area contributed by atoms with Crippen LogP contribution in [0.15, 0.2) is 11.6 Å². The molecule has 0 bridgehead atoms. The molecular formula is C33H48N2O10. The number of aliphatic hydroxyl groups is 2. The number of fused-ring (bicyclic) bond motifs is 5. The van der Waals surface area contributed by atoms with Crippen molar-refractivity contribution in [1.82, 2.24) is 10.6 Å². The molecule has 250 valence electrons. The van der Waals surface area contributed by atoms with Gasteiger partial charge >= 0.3 is 11.9 Å². The lowest BCUT2D eigenvalue weighted by molar-refractivity contribution is -0.184. The summed E-state index contributed by atoms with van der Waals surface area (Å²) in [6, 6.07) is -2.10. The number of hydrogen-bond acceptors (Lipinski definition) is 9. The van der Waals surface area contributed by atoms with Crippen LogP contribution in [-0.2, 0) is 33.5 Å². The smallest absolute Gasteiger partial charge is 0.326 e. The fourth-order valence-electron chi connectivity index (χ4n) is 8.93. The number of allylic oxidation sites excluding steroid dienone is 1. The number of aliphatic carboxylic acids is 1. The molecule has 12 nitrogen and oxygen atoms in total. The Labute approximate surface area is 263 Å². The highest BCUT2D eigenvalue weighted by atomic mass is 16.5. The molecule has 12 heteroatoms. The fourth-order valence-corrected chi connectivity index (χ4v) is 8.93. The highest BCUT2D eigenvalue weighted by Crippen LogP contribution is 2.67. The van der Waals surface area contributed by atoms with Crippen LogP contribution < -0.4 is 10.6 Å². The SMILES string of the molecule is CCCC(NC(=O)C(C)NC(=O)CCC(=O)OCC(=O)[C@@]1(O)CC[C@H]2[C@@H]3CCC4=CC(=O)CC[C@]4(C)[C@H]3[C@@H](O)C[C@@]21C)C(=O)O. The third-order valence-corrected chi connectivity index (χ3v) is 11.4. The van der Waals surface area contributed by atoms with Crippen LogP contribution in [0.4, 0.5) is 0 Å². The Kier molecular flexibility index (Phi) is 10.3. The van der Waals surface area contributed by atoms with Crippen LogP contribution in [0.3, 0.4) is 0 Å². The van der Waals surface area contributed by atoms with E-state index in [1.807, 2.05) is 6.92 Å². The standard InChI is InChI=1S/C33H48N2O10/c1-5-6-23(30(42)43)35-29(41)18(2)34-26(39)9-10-27(40)45-17-25(38)33(44)14-12-22-21-8-7-19-15-20(36)11-13-31(19,3)28(21)24(37)16-32(22,33)4/h15,18,21-24,28,37,44H,5-14,16-17H2,1-4H3,(H,34,39)(H,35,41)(H,42,43)/t18?,21-,22-,23?,24-,28+,31-,32-,33-/m0/s1. The third-order valence-electron chi connectivity index (χ3n) is 11.4. The molecular weight excluding hydrogens is 584 g/mol. The van der Waals surface area contributed by atoms with Crippen molar-refractivity contribution in [2.24, 2.45) is 28.6 Å². The fraction of sp³-hybridized carbons (Fsp3) is 0.758. The first-order valence-electron chi connectivity index (χ1n) is 16.2. The highest BCUT2D eigenvalue weighted by molar-refractivity contribution is 5.93. The molecule has 5 N–H and O–H groups in total. The van der Waals surface area contributed by atoms with Crippen molar-refractivity contribution in [3.8, 4) is 0 Å². The van der Waals surface area contributed by atoms with E-state index in [1.165, 1.54) is 6.92 Å². The lowest BCUT2D eigenvalue weighted by Gasteiger charge is -2.60. The molecule has 0 radical (unpaired) electrons. The molecule has 3 fully saturated rings. The number of Topliss-reactive ketones (excluding diaryl/α,β-unsaturated/α-hetero) is 1. The molecule has 2 amide bonds. The van der Waals surface area contributed by atoms with Crippen molar-refractivity contribution in [3.63, 3.8) is 0 Å². The molecule has 0 spiro atoms. The summed E-state index contributed by atoms with van der Waals surface area (Å²) in [4.78, 5) is 73.9. The van der Waals surface area contributed by atoms with Crippen molar-refractivity contribution >= 4 is 35.3 Å². The van der Waals surface area contributed by atoms with Crippen molar-refractivity contribution in [2.45, 2.75) is 122 Å². The number of ether oxygens (including phenoxy) is 1. The first-order chi connectivity index (χ1) is 21.1. The summed E-state index contributed by atoms with van der Waals surface area (Å²) in [5, 5.41) is 37.3. The topological polar surface area (TPSA) is 196 Å². The van der Waals surface area contributed by atoms with Crippen molar-refractivity contribution in [2.75, 3.05) is 6.61 Å². The summed E-state index contributed by atoms with van der Waals surface area (Å²) >= 11 is 0. The van der Waals surface area contributed by atoms with Gasteiger partial charge in [-0.15, -0.1) is 0 Å². The lowest BCUT2D eigenvalue weighted by atomic mass is 9.45. The van der Waals surface area contributed by atoms with Gasteiger partial charge in [0.1, 0.15) is 17.7 Å². The minimum absolute atomic E-state index is 0.0119. The maximum Gasteiger partial charge on any atom is 0.326 e. The lowest BCUT2D eigenvalue weighted by Crippen LogP contribution is -2.62. The monoisotopic (exact) mass is 632 g/mol. The molecule has 45 heavy (non-hydrogen) atoms. The zero-order chi connectivity index (χ0) is 33.3. The van der Waals surface area contributed by atoms with Crippen LogP contribution in [0.5, 0.6) is 0 Å². The third kappa shape index (κ3) is 6.58. The van der Waals surface area contributed by atoms with E-state index >= 15 is 0 Å². The predicted molar refractivity (Wildman–Crippen MR) is 160 cm³/mol. The van der Waals surface area contributed by atoms with Crippen LogP contribution in [0.25, 0.3) is 0 Å². The van der Waals surface area contributed by atoms with Gasteiger partial charge in [0.05, 0.1) is 12.5 Å². The van der Waals surface area contributed by atoms with Gasteiger partial charge in [0.2, 0.25) is 17.6 Å². The minimum atomic E-state index is -1.78. The van der Waals surface area contributed by atoms with Crippen molar-refractivity contribution in [3.05, 3.63) is 11.6 Å². The highest BCUT2D eigenvalue weighted by Gasteiger charge is 2.68. The van der Waals surface area contributed by atoms with E-state index in [4.69, 9.17) is 4.74 Å². The molecule has 2 unspecified atom stereocenters. The Balaban J connectivity index is 1.30. The number of amides is 2. The quantitative estimate of drug-likeness (QED) is 0.198. The molecule has 0 aromatic carbocycles. The largest absolute Gasteiger partial charge is 0.480 e. The van der Waals surface area contributed by atoms with Gasteiger partial charge in [-0.25, -0.2) is 4.79 Å². The van der Waals surface area contributed by atoms with Gasteiger partial charge in [0.25, 0.3) is 0 Å². The second-order valence-corrected chi connectivity index (χ2v) is 14.0. The molecule has 4 aliphatic carbocycles. The van der Waals surface area contributed by atoms with Gasteiger partial charge in [-0.2, -0.15) is 0 Å². The molecule has 0 saturated heterocycles. The molecule has 0 aliphatic heterocycles. The zero-order valence-electron chi connectivity index (χ0n) is 26.7. The van der Waals surface area contributed by atoms with E-state index < -0.39 is 65.3 Å². The number of carbonyl (C=O) groups excluding carboxylic acids is 5. The summed E-state index contributed by atoms with van der Waals surface area (Å²) in [7, 11) is 0. The molecule has 9 atom stereocenters. The Morgan fingerprint density at radius 1 is 1.07 bits per heavy atom. The second kappa shape index (κ2) is 13.3. The molecule has 0 heterocycles. The van der Waals surface area contributed by atoms with Gasteiger partial charge in [0.15, 0.2) is 12.4 Å². The van der Waals surface area contributed by atoms with Gasteiger partial charge in [-0.1, -0.05) is 32.8 Å². The van der Waals surface area contributed by atoms with Gasteiger partial charge < -0.3 is 30.7 Å². The van der Waals surface area contributed by atoms with E-state index in [0.717, 1.165) is 18.4 Å². The summed E-state index contributed by atoms with van der Waals surface area (Å²) < 4.78 is 5.17.